The van der Waals surface area contributed by atoms with E-state index in [4.69, 9.17) is 30.9 Å². The molecule has 5 rings (SSSR count). The molecular formula is C28H25ClN4O5. The third kappa shape index (κ3) is 5.39. The van der Waals surface area contributed by atoms with Crippen molar-refractivity contribution < 1.29 is 23.8 Å². The Kier molecular flexibility index (Phi) is 7.13. The molecule has 0 aliphatic carbocycles. The van der Waals surface area contributed by atoms with Crippen molar-refractivity contribution in [2.75, 3.05) is 27.2 Å². The molecule has 1 atom stereocenters. The molecule has 2 aromatic heterocycles. The summed E-state index contributed by atoms with van der Waals surface area (Å²) in [6.45, 7) is 3.59. The van der Waals surface area contributed by atoms with Gasteiger partial charge in [0.25, 0.3) is 0 Å². The fraction of sp³-hybridized carbons (Fsp3) is 0.214. The first-order chi connectivity index (χ1) is 18.3. The van der Waals surface area contributed by atoms with Crippen molar-refractivity contribution in [2.45, 2.75) is 6.92 Å². The lowest BCUT2D eigenvalue weighted by atomic mass is 10.1. The predicted octanol–water partition coefficient (Wildman–Crippen LogP) is 4.70. The number of carbonyl (C=O) groups excluding carboxylic acids is 2. The van der Waals surface area contributed by atoms with Crippen LogP contribution in [0.4, 0.5) is 0 Å². The Bertz CT molecular complexity index is 1550. The van der Waals surface area contributed by atoms with Crippen molar-refractivity contribution in [1.82, 2.24) is 19.7 Å². The van der Waals surface area contributed by atoms with Gasteiger partial charge in [-0.25, -0.2) is 19.3 Å². The standard InChI is InChI=1S/C28H25ClN4O5/c1-17(15-32(2)3)16-36-21-6-4-5-20(13-21)33-28-25(26(31-33)18-7-9-19(29)10-8-18)27-22(14-30-28)37-23(34)11-12-24(35)38-27/h4-14,17H,15-16H2,1-3H3/b12-11-. The maximum atomic E-state index is 12.4. The van der Waals surface area contributed by atoms with E-state index in [9.17, 15) is 9.59 Å². The second-order valence-electron chi connectivity index (χ2n) is 9.27. The van der Waals surface area contributed by atoms with Crippen molar-refractivity contribution in [3.05, 3.63) is 71.9 Å². The Morgan fingerprint density at radius 3 is 2.53 bits per heavy atom. The number of hydrogen-bond donors (Lipinski definition) is 0. The Morgan fingerprint density at radius 2 is 1.79 bits per heavy atom. The number of pyridine rings is 1. The van der Waals surface area contributed by atoms with E-state index in [1.807, 2.05) is 38.4 Å². The third-order valence-corrected chi connectivity index (χ3v) is 6.03. The van der Waals surface area contributed by atoms with Gasteiger partial charge in [-0.15, -0.1) is 0 Å². The van der Waals surface area contributed by atoms with E-state index >= 15 is 0 Å². The smallest absolute Gasteiger partial charge is 0.336 e. The van der Waals surface area contributed by atoms with E-state index in [1.54, 1.807) is 28.9 Å². The van der Waals surface area contributed by atoms with Crippen molar-refractivity contribution >= 4 is 34.6 Å². The summed E-state index contributed by atoms with van der Waals surface area (Å²) in [6, 6.07) is 14.6. The lowest BCUT2D eigenvalue weighted by Gasteiger charge is -2.17. The van der Waals surface area contributed by atoms with Gasteiger partial charge in [0.15, 0.2) is 17.1 Å². The molecule has 0 bridgehead atoms. The van der Waals surface area contributed by atoms with Gasteiger partial charge in [-0.05, 0) is 38.4 Å². The van der Waals surface area contributed by atoms with Crippen molar-refractivity contribution in [3.8, 4) is 34.2 Å². The van der Waals surface area contributed by atoms with Gasteiger partial charge in [0.2, 0.25) is 0 Å². The first-order valence-electron chi connectivity index (χ1n) is 12.0. The zero-order chi connectivity index (χ0) is 26.8. The van der Waals surface area contributed by atoms with Crippen LogP contribution in [0.5, 0.6) is 17.2 Å². The largest absolute Gasteiger partial charge is 0.493 e. The van der Waals surface area contributed by atoms with Gasteiger partial charge in [-0.3, -0.25) is 0 Å². The highest BCUT2D eigenvalue weighted by Crippen LogP contribution is 2.42. The van der Waals surface area contributed by atoms with Crippen LogP contribution in [0.15, 0.2) is 66.9 Å². The number of hydrogen-bond acceptors (Lipinski definition) is 8. The monoisotopic (exact) mass is 532 g/mol. The second-order valence-corrected chi connectivity index (χ2v) is 9.71. The van der Waals surface area contributed by atoms with Gasteiger partial charge < -0.3 is 19.1 Å². The molecule has 194 valence electrons. The molecule has 1 unspecified atom stereocenters. The highest BCUT2D eigenvalue weighted by molar-refractivity contribution is 6.30. The van der Waals surface area contributed by atoms with Crippen LogP contribution in [-0.2, 0) is 9.59 Å². The molecule has 0 fully saturated rings. The minimum atomic E-state index is -0.715. The van der Waals surface area contributed by atoms with Gasteiger partial charge in [-0.1, -0.05) is 36.7 Å². The Morgan fingerprint density at radius 1 is 1.05 bits per heavy atom. The summed E-state index contributed by atoms with van der Waals surface area (Å²) in [5, 5.41) is 5.81. The quantitative estimate of drug-likeness (QED) is 0.316. The molecule has 38 heavy (non-hydrogen) atoms. The minimum Gasteiger partial charge on any atom is -0.493 e. The predicted molar refractivity (Wildman–Crippen MR) is 143 cm³/mol. The number of halogens is 1. The van der Waals surface area contributed by atoms with Crippen LogP contribution in [0.1, 0.15) is 6.92 Å². The number of aromatic nitrogens is 3. The SMILES string of the molecule is CC(COc1cccc(-n2nc(-c3ccc(Cl)cc3)c3c4c(cnc32)OC(=O)/C=C\C(=O)O4)c1)CN(C)C. The third-order valence-electron chi connectivity index (χ3n) is 5.78. The number of fused-ring (bicyclic) bond motifs is 3. The molecule has 10 heteroatoms. The molecule has 4 aromatic rings. The maximum Gasteiger partial charge on any atom is 0.336 e. The van der Waals surface area contributed by atoms with E-state index in [0.717, 1.165) is 18.7 Å². The van der Waals surface area contributed by atoms with E-state index in [2.05, 4.69) is 16.8 Å². The van der Waals surface area contributed by atoms with Crippen LogP contribution >= 0.6 is 11.6 Å². The molecule has 0 spiro atoms. The van der Waals surface area contributed by atoms with E-state index < -0.39 is 11.9 Å². The Balaban J connectivity index is 1.63. The maximum absolute atomic E-state index is 12.4. The lowest BCUT2D eigenvalue weighted by molar-refractivity contribution is -0.133. The number of benzene rings is 2. The van der Waals surface area contributed by atoms with Crippen LogP contribution in [0.2, 0.25) is 5.02 Å². The van der Waals surface area contributed by atoms with Crippen molar-refractivity contribution in [3.63, 3.8) is 0 Å². The van der Waals surface area contributed by atoms with E-state index in [1.165, 1.54) is 6.20 Å². The molecule has 2 aromatic carbocycles. The van der Waals surface area contributed by atoms with E-state index in [-0.39, 0.29) is 11.5 Å². The van der Waals surface area contributed by atoms with Crippen LogP contribution in [0.25, 0.3) is 28.0 Å². The number of nitrogens with zero attached hydrogens (tertiary/aromatic N) is 4. The van der Waals surface area contributed by atoms with Gasteiger partial charge in [-0.2, -0.15) is 5.10 Å². The summed E-state index contributed by atoms with van der Waals surface area (Å²) in [6.07, 6.45) is 3.36. The molecule has 0 radical (unpaired) electrons. The molecule has 0 amide bonds. The Labute approximate surface area is 224 Å². The normalized spacial score (nSPS) is 14.9. The molecule has 9 nitrogen and oxygen atoms in total. The molecule has 0 N–H and O–H groups in total. The second kappa shape index (κ2) is 10.6. The molecule has 1 aliphatic rings. The van der Waals surface area contributed by atoms with Gasteiger partial charge >= 0.3 is 11.9 Å². The molecule has 1 aliphatic heterocycles. The number of rotatable bonds is 7. The van der Waals surface area contributed by atoms with Crippen LogP contribution < -0.4 is 14.2 Å². The minimum absolute atomic E-state index is 0.0157. The van der Waals surface area contributed by atoms with Gasteiger partial charge in [0.05, 0.1) is 23.9 Å². The lowest BCUT2D eigenvalue weighted by Crippen LogP contribution is -2.24. The number of ether oxygens (including phenoxy) is 3. The van der Waals surface area contributed by atoms with Crippen LogP contribution in [-0.4, -0.2) is 58.8 Å². The number of carbonyl (C=O) groups is 2. The zero-order valence-corrected chi connectivity index (χ0v) is 21.8. The number of esters is 2. The summed E-state index contributed by atoms with van der Waals surface area (Å²) in [5.41, 5.74) is 2.27. The first kappa shape index (κ1) is 25.4. The fourth-order valence-corrected chi connectivity index (χ4v) is 4.36. The van der Waals surface area contributed by atoms with Crippen LogP contribution in [0.3, 0.4) is 0 Å². The average Bonchev–Trinajstić information content (AvgIpc) is 3.27. The summed E-state index contributed by atoms with van der Waals surface area (Å²) >= 11 is 6.12. The fourth-order valence-electron chi connectivity index (χ4n) is 4.24. The van der Waals surface area contributed by atoms with Gasteiger partial charge in [0, 0.05) is 41.3 Å². The topological polar surface area (TPSA) is 95.8 Å². The first-order valence-corrected chi connectivity index (χ1v) is 12.3. The highest BCUT2D eigenvalue weighted by atomic mass is 35.5. The Hall–Kier alpha value is -4.21. The molecule has 0 saturated carbocycles. The van der Waals surface area contributed by atoms with Gasteiger partial charge in [0.1, 0.15) is 11.4 Å². The summed E-state index contributed by atoms with van der Waals surface area (Å²) in [7, 11) is 4.06. The zero-order valence-electron chi connectivity index (χ0n) is 21.1. The molecular weight excluding hydrogens is 508 g/mol. The van der Waals surface area contributed by atoms with Crippen LogP contribution in [0, 0.1) is 5.92 Å². The summed E-state index contributed by atoms with van der Waals surface area (Å²) in [5.74, 6) is -0.337. The van der Waals surface area contributed by atoms with Crippen molar-refractivity contribution in [2.24, 2.45) is 5.92 Å². The summed E-state index contributed by atoms with van der Waals surface area (Å²) in [4.78, 5) is 31.2. The molecule has 0 saturated heterocycles. The average molecular weight is 533 g/mol. The molecule has 3 heterocycles. The van der Waals surface area contributed by atoms with Crippen molar-refractivity contribution in [1.29, 1.82) is 0 Å². The van der Waals surface area contributed by atoms with E-state index in [0.29, 0.717) is 51.3 Å². The summed E-state index contributed by atoms with van der Waals surface area (Å²) < 4.78 is 18.7. The highest BCUT2D eigenvalue weighted by Gasteiger charge is 2.26.